The van der Waals surface area contributed by atoms with Gasteiger partial charge in [-0.2, -0.15) is 0 Å². The van der Waals surface area contributed by atoms with E-state index in [2.05, 4.69) is 34.9 Å². The van der Waals surface area contributed by atoms with E-state index >= 15 is 0 Å². The Hall–Kier alpha value is -2.62. The van der Waals surface area contributed by atoms with Gasteiger partial charge >= 0.3 is 6.03 Å². The Bertz CT molecular complexity index is 650. The highest BCUT2D eigenvalue weighted by atomic mass is 19.1. The summed E-state index contributed by atoms with van der Waals surface area (Å²) in [6, 6.07) is 14.1. The van der Waals surface area contributed by atoms with Gasteiger partial charge in [-0.25, -0.2) is 9.18 Å². The number of aryl methyl sites for hydroxylation is 1. The number of carbonyl (C=O) groups excluding carboxylic acids is 1. The van der Waals surface area contributed by atoms with Crippen molar-refractivity contribution in [1.82, 2.24) is 10.6 Å². The second-order valence-electron chi connectivity index (χ2n) is 5.02. The summed E-state index contributed by atoms with van der Waals surface area (Å²) in [7, 11) is 0. The Morgan fingerprint density at radius 1 is 1.18 bits per heavy atom. The van der Waals surface area contributed by atoms with Gasteiger partial charge in [0.25, 0.3) is 0 Å². The molecule has 0 saturated heterocycles. The summed E-state index contributed by atoms with van der Waals surface area (Å²) in [5, 5.41) is 5.36. The van der Waals surface area contributed by atoms with Crippen LogP contribution in [-0.2, 0) is 6.42 Å². The van der Waals surface area contributed by atoms with Crippen LogP contribution in [0.15, 0.2) is 54.7 Å². The van der Waals surface area contributed by atoms with Crippen LogP contribution < -0.4 is 10.6 Å². The average Bonchev–Trinajstić information content (AvgIpc) is 2.49. The highest BCUT2D eigenvalue weighted by Crippen LogP contribution is 2.05. The van der Waals surface area contributed by atoms with Crippen molar-refractivity contribution in [2.24, 2.45) is 0 Å². The van der Waals surface area contributed by atoms with Crippen LogP contribution in [0, 0.1) is 12.7 Å². The summed E-state index contributed by atoms with van der Waals surface area (Å²) in [4.78, 5) is 11.6. The fourth-order valence-corrected chi connectivity index (χ4v) is 1.95. The van der Waals surface area contributed by atoms with Crippen molar-refractivity contribution < 1.29 is 9.18 Å². The number of hydrogen-bond acceptors (Lipinski definition) is 1. The molecule has 0 aliphatic heterocycles. The van der Waals surface area contributed by atoms with Gasteiger partial charge in [-0.15, -0.1) is 0 Å². The molecular weight excluding hydrogens is 279 g/mol. The number of hydrogen-bond donors (Lipinski definition) is 2. The largest absolute Gasteiger partial charge is 0.338 e. The van der Waals surface area contributed by atoms with Gasteiger partial charge in [-0.1, -0.05) is 42.0 Å². The molecule has 114 valence electrons. The molecule has 0 aromatic heterocycles. The molecule has 0 heterocycles. The fraction of sp³-hybridized carbons (Fsp3) is 0.167. The highest BCUT2D eigenvalue weighted by Gasteiger charge is 1.97. The van der Waals surface area contributed by atoms with E-state index in [-0.39, 0.29) is 11.8 Å². The van der Waals surface area contributed by atoms with Crippen LogP contribution in [0.25, 0.3) is 6.08 Å². The molecule has 0 spiro atoms. The molecule has 0 radical (unpaired) electrons. The zero-order chi connectivity index (χ0) is 15.8. The van der Waals surface area contributed by atoms with E-state index in [0.717, 1.165) is 6.42 Å². The first-order chi connectivity index (χ1) is 10.6. The zero-order valence-electron chi connectivity index (χ0n) is 12.5. The van der Waals surface area contributed by atoms with Crippen molar-refractivity contribution in [3.8, 4) is 0 Å². The lowest BCUT2D eigenvalue weighted by atomic mass is 10.1. The number of halogens is 1. The molecule has 22 heavy (non-hydrogen) atoms. The van der Waals surface area contributed by atoms with Gasteiger partial charge in [0.1, 0.15) is 5.82 Å². The maximum Gasteiger partial charge on any atom is 0.318 e. The lowest BCUT2D eigenvalue weighted by molar-refractivity contribution is 0.244. The van der Waals surface area contributed by atoms with Crippen molar-refractivity contribution in [2.45, 2.75) is 13.3 Å². The van der Waals surface area contributed by atoms with Crippen LogP contribution in [0.2, 0.25) is 0 Å². The first-order valence-electron chi connectivity index (χ1n) is 7.15. The Morgan fingerprint density at radius 3 is 2.68 bits per heavy atom. The SMILES string of the molecule is Cc1ccc(CCNC(=O)N/C=C/c2cccc(F)c2)cc1. The lowest BCUT2D eigenvalue weighted by Crippen LogP contribution is -2.33. The van der Waals surface area contributed by atoms with Gasteiger partial charge in [-0.05, 0) is 42.7 Å². The Balaban J connectivity index is 1.70. The first kappa shape index (κ1) is 15.8. The van der Waals surface area contributed by atoms with Crippen LogP contribution in [0.3, 0.4) is 0 Å². The molecule has 2 aromatic carbocycles. The minimum atomic E-state index is -0.301. The number of rotatable bonds is 5. The van der Waals surface area contributed by atoms with Crippen molar-refractivity contribution in [1.29, 1.82) is 0 Å². The van der Waals surface area contributed by atoms with E-state index in [4.69, 9.17) is 0 Å². The molecule has 0 bridgehead atoms. The van der Waals surface area contributed by atoms with Crippen molar-refractivity contribution in [3.63, 3.8) is 0 Å². The van der Waals surface area contributed by atoms with Gasteiger partial charge < -0.3 is 10.6 Å². The third-order valence-electron chi connectivity index (χ3n) is 3.16. The number of carbonyl (C=O) groups is 1. The second kappa shape index (κ2) is 7.98. The lowest BCUT2D eigenvalue weighted by Gasteiger charge is -2.05. The predicted octanol–water partition coefficient (Wildman–Crippen LogP) is 3.65. The second-order valence-corrected chi connectivity index (χ2v) is 5.02. The Kier molecular flexibility index (Phi) is 5.72. The summed E-state index contributed by atoms with van der Waals surface area (Å²) in [6.07, 6.45) is 3.92. The molecule has 0 saturated carbocycles. The molecule has 0 unspecified atom stereocenters. The number of nitrogens with one attached hydrogen (secondary N) is 2. The minimum Gasteiger partial charge on any atom is -0.338 e. The predicted molar refractivity (Wildman–Crippen MR) is 86.9 cm³/mol. The summed E-state index contributed by atoms with van der Waals surface area (Å²) < 4.78 is 13.0. The monoisotopic (exact) mass is 298 g/mol. The molecule has 3 nitrogen and oxygen atoms in total. The average molecular weight is 298 g/mol. The van der Waals surface area contributed by atoms with Gasteiger partial charge in [0.15, 0.2) is 0 Å². The van der Waals surface area contributed by atoms with Gasteiger partial charge in [0, 0.05) is 12.7 Å². The number of benzene rings is 2. The molecule has 4 heteroatoms. The van der Waals surface area contributed by atoms with Gasteiger partial charge in [0.2, 0.25) is 0 Å². The maximum atomic E-state index is 13.0. The van der Waals surface area contributed by atoms with E-state index in [1.807, 2.05) is 6.92 Å². The molecular formula is C18H19FN2O. The van der Waals surface area contributed by atoms with Crippen LogP contribution in [-0.4, -0.2) is 12.6 Å². The normalized spacial score (nSPS) is 10.6. The topological polar surface area (TPSA) is 41.1 Å². The molecule has 2 amide bonds. The van der Waals surface area contributed by atoms with Crippen LogP contribution in [0.5, 0.6) is 0 Å². The molecule has 2 aromatic rings. The highest BCUT2D eigenvalue weighted by molar-refractivity contribution is 5.75. The summed E-state index contributed by atoms with van der Waals surface area (Å²) in [6.45, 7) is 2.60. The van der Waals surface area contributed by atoms with E-state index in [1.165, 1.54) is 29.5 Å². The summed E-state index contributed by atoms with van der Waals surface area (Å²) in [5.41, 5.74) is 3.10. The summed E-state index contributed by atoms with van der Waals surface area (Å²) >= 11 is 0. The van der Waals surface area contributed by atoms with Gasteiger partial charge in [0.05, 0.1) is 0 Å². The Morgan fingerprint density at radius 2 is 1.95 bits per heavy atom. The van der Waals surface area contributed by atoms with Crippen LogP contribution in [0.4, 0.5) is 9.18 Å². The van der Waals surface area contributed by atoms with Crippen LogP contribution in [0.1, 0.15) is 16.7 Å². The molecule has 0 fully saturated rings. The van der Waals surface area contributed by atoms with E-state index < -0.39 is 0 Å². The summed E-state index contributed by atoms with van der Waals surface area (Å²) in [5.74, 6) is -0.301. The van der Waals surface area contributed by atoms with Crippen molar-refractivity contribution >= 4 is 12.1 Å². The van der Waals surface area contributed by atoms with Crippen molar-refractivity contribution in [3.05, 3.63) is 77.2 Å². The van der Waals surface area contributed by atoms with Crippen LogP contribution >= 0.6 is 0 Å². The number of urea groups is 1. The third-order valence-corrected chi connectivity index (χ3v) is 3.16. The van der Waals surface area contributed by atoms with Gasteiger partial charge in [-0.3, -0.25) is 0 Å². The molecule has 0 aliphatic carbocycles. The zero-order valence-corrected chi connectivity index (χ0v) is 12.5. The third kappa shape index (κ3) is 5.40. The van der Waals surface area contributed by atoms with E-state index in [9.17, 15) is 9.18 Å². The molecule has 0 aliphatic rings. The standard InChI is InChI=1S/C18H19FN2O/c1-14-5-7-15(8-6-14)9-11-20-18(22)21-12-10-16-3-2-4-17(19)13-16/h2-8,10,12-13H,9,11H2,1H3,(H2,20,21,22)/b12-10+. The van der Waals surface area contributed by atoms with Crippen molar-refractivity contribution in [2.75, 3.05) is 6.54 Å². The number of amides is 2. The molecule has 2 rings (SSSR count). The fourth-order valence-electron chi connectivity index (χ4n) is 1.95. The molecule has 2 N–H and O–H groups in total. The van der Waals surface area contributed by atoms with E-state index in [0.29, 0.717) is 12.1 Å². The molecule has 0 atom stereocenters. The smallest absolute Gasteiger partial charge is 0.318 e. The maximum absolute atomic E-state index is 13.0. The quantitative estimate of drug-likeness (QED) is 0.869. The Labute approximate surface area is 129 Å². The van der Waals surface area contributed by atoms with E-state index in [1.54, 1.807) is 18.2 Å². The minimum absolute atomic E-state index is 0.278. The first-order valence-corrected chi connectivity index (χ1v) is 7.15.